The minimum Gasteiger partial charge on any atom is -0.444 e. The molecule has 1 fully saturated rings. The van der Waals surface area contributed by atoms with E-state index >= 15 is 0 Å². The largest absolute Gasteiger partial charge is 0.444 e. The number of ether oxygens (including phenoxy) is 1. The predicted molar refractivity (Wildman–Crippen MR) is 144 cm³/mol. The van der Waals surface area contributed by atoms with E-state index < -0.39 is 5.60 Å². The van der Waals surface area contributed by atoms with Crippen molar-refractivity contribution in [2.24, 2.45) is 0 Å². The number of nitrogens with zero attached hydrogens (tertiary/aromatic N) is 3. The van der Waals surface area contributed by atoms with Crippen LogP contribution in [0.2, 0.25) is 0 Å². The first-order valence-corrected chi connectivity index (χ1v) is 12.6. The fraction of sp³-hybridized carbons (Fsp3) is 0.345. The topological polar surface area (TPSA) is 86.8 Å². The van der Waals surface area contributed by atoms with Crippen LogP contribution in [0.1, 0.15) is 44.0 Å². The minimum atomic E-state index is -0.537. The summed E-state index contributed by atoms with van der Waals surface area (Å²) >= 11 is 0. The summed E-state index contributed by atoms with van der Waals surface area (Å²) in [5.41, 5.74) is 2.16. The third-order valence-electron chi connectivity index (χ3n) is 6.18. The molecule has 8 heteroatoms. The number of anilines is 1. The number of carbonyl (C=O) groups excluding carboxylic acids is 2. The van der Waals surface area contributed by atoms with E-state index in [1.807, 2.05) is 69.3 Å². The lowest BCUT2D eigenvalue weighted by molar-refractivity contribution is 0.00817. The Morgan fingerprint density at radius 3 is 2.05 bits per heavy atom. The number of hydrogen-bond donors (Lipinski definition) is 2. The Labute approximate surface area is 218 Å². The molecule has 1 aliphatic rings. The third-order valence-corrected chi connectivity index (χ3v) is 6.18. The van der Waals surface area contributed by atoms with E-state index in [4.69, 9.17) is 4.74 Å². The second-order valence-electron chi connectivity index (χ2n) is 10.1. The lowest BCUT2D eigenvalue weighted by Crippen LogP contribution is -2.53. The van der Waals surface area contributed by atoms with Gasteiger partial charge in [-0.15, -0.1) is 0 Å². The molecule has 1 aromatic heterocycles. The molecule has 0 bridgehead atoms. The molecule has 0 spiro atoms. The van der Waals surface area contributed by atoms with E-state index in [0.29, 0.717) is 31.9 Å². The molecule has 37 heavy (non-hydrogen) atoms. The molecule has 2 heterocycles. The number of benzene rings is 2. The maximum atomic E-state index is 13.2. The molecule has 0 radical (unpaired) electrons. The number of hydrogen-bond acceptors (Lipinski definition) is 5. The SMILES string of the molecule is CC(C)(C)OC(=O)N1CCN(C(c2ccccc2)C(NC(=O)Nc2cccnc2)c2ccccc2)CC1. The second kappa shape index (κ2) is 11.9. The average Bonchev–Trinajstić information content (AvgIpc) is 2.89. The van der Waals surface area contributed by atoms with Crippen LogP contribution in [0, 0.1) is 0 Å². The van der Waals surface area contributed by atoms with Crippen LogP contribution in [0.5, 0.6) is 0 Å². The van der Waals surface area contributed by atoms with Crippen molar-refractivity contribution >= 4 is 17.8 Å². The number of piperazine rings is 1. The highest BCUT2D eigenvalue weighted by Crippen LogP contribution is 2.35. The van der Waals surface area contributed by atoms with Crippen molar-refractivity contribution in [3.05, 3.63) is 96.3 Å². The molecule has 8 nitrogen and oxygen atoms in total. The molecule has 1 aliphatic heterocycles. The van der Waals surface area contributed by atoms with Crippen molar-refractivity contribution in [2.45, 2.75) is 38.5 Å². The molecule has 2 aromatic carbocycles. The smallest absolute Gasteiger partial charge is 0.410 e. The average molecular weight is 502 g/mol. The van der Waals surface area contributed by atoms with E-state index in [2.05, 4.69) is 32.7 Å². The van der Waals surface area contributed by atoms with E-state index in [1.165, 1.54) is 0 Å². The maximum absolute atomic E-state index is 13.2. The van der Waals surface area contributed by atoms with Gasteiger partial charge in [0.2, 0.25) is 0 Å². The number of amides is 3. The Bertz CT molecular complexity index is 1140. The van der Waals surface area contributed by atoms with Crippen LogP contribution in [-0.2, 0) is 4.74 Å². The molecule has 2 N–H and O–H groups in total. The van der Waals surface area contributed by atoms with Gasteiger partial charge in [-0.25, -0.2) is 9.59 Å². The van der Waals surface area contributed by atoms with E-state index in [-0.39, 0.29) is 24.2 Å². The number of pyridine rings is 1. The predicted octanol–water partition coefficient (Wildman–Crippen LogP) is 5.24. The maximum Gasteiger partial charge on any atom is 0.410 e. The summed E-state index contributed by atoms with van der Waals surface area (Å²) < 4.78 is 5.58. The first kappa shape index (κ1) is 26.2. The van der Waals surface area contributed by atoms with E-state index in [0.717, 1.165) is 11.1 Å². The third kappa shape index (κ3) is 7.30. The molecule has 0 saturated carbocycles. The van der Waals surface area contributed by atoms with Gasteiger partial charge in [-0.1, -0.05) is 60.7 Å². The van der Waals surface area contributed by atoms with Gasteiger partial charge in [0.15, 0.2) is 0 Å². The summed E-state index contributed by atoms with van der Waals surface area (Å²) in [5, 5.41) is 6.11. The Kier molecular flexibility index (Phi) is 8.40. The molecule has 0 aliphatic carbocycles. The Morgan fingerprint density at radius 2 is 1.49 bits per heavy atom. The monoisotopic (exact) mass is 501 g/mol. The Hall–Kier alpha value is -3.91. The van der Waals surface area contributed by atoms with Crippen LogP contribution in [0.25, 0.3) is 0 Å². The molecule has 2 atom stereocenters. The fourth-order valence-corrected chi connectivity index (χ4v) is 4.52. The molecule has 2 unspecified atom stereocenters. The summed E-state index contributed by atoms with van der Waals surface area (Å²) in [4.78, 5) is 34.0. The summed E-state index contributed by atoms with van der Waals surface area (Å²) in [6.07, 6.45) is 2.98. The zero-order valence-corrected chi connectivity index (χ0v) is 21.6. The van der Waals surface area contributed by atoms with Gasteiger partial charge in [0.25, 0.3) is 0 Å². The van der Waals surface area contributed by atoms with Crippen LogP contribution < -0.4 is 10.6 Å². The van der Waals surface area contributed by atoms with Crippen molar-refractivity contribution in [3.8, 4) is 0 Å². The Balaban J connectivity index is 1.59. The van der Waals surface area contributed by atoms with E-state index in [1.54, 1.807) is 29.4 Å². The van der Waals surface area contributed by atoms with Gasteiger partial charge in [0, 0.05) is 32.4 Å². The van der Waals surface area contributed by atoms with Gasteiger partial charge in [-0.3, -0.25) is 9.88 Å². The number of aromatic nitrogens is 1. The molecule has 3 aromatic rings. The van der Waals surface area contributed by atoms with Gasteiger partial charge in [0.1, 0.15) is 5.60 Å². The summed E-state index contributed by atoms with van der Waals surface area (Å²) in [6, 6.07) is 22.9. The normalized spacial score (nSPS) is 15.9. The van der Waals surface area contributed by atoms with Gasteiger partial charge in [-0.05, 0) is 44.0 Å². The molecular formula is C29H35N5O3. The van der Waals surface area contributed by atoms with Gasteiger partial charge in [-0.2, -0.15) is 0 Å². The summed E-state index contributed by atoms with van der Waals surface area (Å²) in [7, 11) is 0. The van der Waals surface area contributed by atoms with Crippen LogP contribution in [0.3, 0.4) is 0 Å². The van der Waals surface area contributed by atoms with Crippen molar-refractivity contribution in [2.75, 3.05) is 31.5 Å². The van der Waals surface area contributed by atoms with Crippen LogP contribution in [0.4, 0.5) is 15.3 Å². The van der Waals surface area contributed by atoms with Crippen molar-refractivity contribution in [1.82, 2.24) is 20.1 Å². The zero-order chi connectivity index (χ0) is 26.3. The minimum absolute atomic E-state index is 0.149. The molecule has 4 rings (SSSR count). The van der Waals surface area contributed by atoms with E-state index in [9.17, 15) is 9.59 Å². The highest BCUT2D eigenvalue weighted by atomic mass is 16.6. The van der Waals surface area contributed by atoms with Crippen LogP contribution in [-0.4, -0.2) is 58.7 Å². The number of carbonyl (C=O) groups is 2. The van der Waals surface area contributed by atoms with Gasteiger partial charge < -0.3 is 20.3 Å². The van der Waals surface area contributed by atoms with Crippen LogP contribution >= 0.6 is 0 Å². The van der Waals surface area contributed by atoms with Crippen molar-refractivity contribution in [1.29, 1.82) is 0 Å². The number of rotatable bonds is 6. The standard InChI is InChI=1S/C29H35N5O3/c1-29(2,3)37-28(36)34-19-17-33(18-20-34)26(23-13-8-5-9-14-23)25(22-11-6-4-7-12-22)32-27(35)31-24-15-10-16-30-21-24/h4-16,21,25-26H,17-20H2,1-3H3,(H2,31,32,35). The lowest BCUT2D eigenvalue weighted by atomic mass is 9.91. The zero-order valence-electron chi connectivity index (χ0n) is 21.6. The van der Waals surface area contributed by atoms with Crippen molar-refractivity contribution < 1.29 is 14.3 Å². The van der Waals surface area contributed by atoms with Crippen LogP contribution in [0.15, 0.2) is 85.2 Å². The molecule has 3 amide bonds. The van der Waals surface area contributed by atoms with Crippen molar-refractivity contribution in [3.63, 3.8) is 0 Å². The molecule has 194 valence electrons. The fourth-order valence-electron chi connectivity index (χ4n) is 4.52. The first-order chi connectivity index (χ1) is 17.8. The Morgan fingerprint density at radius 1 is 0.865 bits per heavy atom. The number of nitrogens with one attached hydrogen (secondary N) is 2. The number of urea groups is 1. The lowest BCUT2D eigenvalue weighted by Gasteiger charge is -2.43. The highest BCUT2D eigenvalue weighted by molar-refractivity contribution is 5.89. The quantitative estimate of drug-likeness (QED) is 0.483. The molecule has 1 saturated heterocycles. The van der Waals surface area contributed by atoms with Gasteiger partial charge in [0.05, 0.1) is 24.0 Å². The summed E-state index contributed by atoms with van der Waals surface area (Å²) in [5.74, 6) is 0. The highest BCUT2D eigenvalue weighted by Gasteiger charge is 2.35. The summed E-state index contributed by atoms with van der Waals surface area (Å²) in [6.45, 7) is 8.00. The second-order valence-corrected chi connectivity index (χ2v) is 10.1. The first-order valence-electron chi connectivity index (χ1n) is 12.6. The van der Waals surface area contributed by atoms with Gasteiger partial charge >= 0.3 is 12.1 Å². The molecular weight excluding hydrogens is 466 g/mol.